The molecule has 1 aromatic carbocycles. The highest BCUT2D eigenvalue weighted by Crippen LogP contribution is 2.52. The molecule has 0 radical (unpaired) electrons. The fourth-order valence-corrected chi connectivity index (χ4v) is 4.14. The highest BCUT2D eigenvalue weighted by atomic mass is 32.1. The topological polar surface area (TPSA) is 48.6 Å². The van der Waals surface area contributed by atoms with Gasteiger partial charge in [-0.3, -0.25) is 0 Å². The van der Waals surface area contributed by atoms with Crippen LogP contribution < -0.4 is 0 Å². The van der Waals surface area contributed by atoms with Gasteiger partial charge in [-0.1, -0.05) is 31.2 Å². The summed E-state index contributed by atoms with van der Waals surface area (Å²) in [6.07, 6.45) is 8.87. The zero-order valence-corrected chi connectivity index (χ0v) is 14.7. The van der Waals surface area contributed by atoms with E-state index in [1.165, 1.54) is 6.07 Å². The number of allylic oxidation sites excluding steroid dienone is 2. The van der Waals surface area contributed by atoms with E-state index in [-0.39, 0.29) is 5.82 Å². The molecule has 2 aromatic rings. The van der Waals surface area contributed by atoms with Crippen LogP contribution in [0.2, 0.25) is 0 Å². The molecule has 3 nitrogen and oxygen atoms in total. The molecule has 2 N–H and O–H groups in total. The number of carbonyl (C=O) groups is 1. The Morgan fingerprint density at radius 2 is 2.25 bits per heavy atom. The fraction of sp³-hybridized carbons (Fsp3) is 0.368. The van der Waals surface area contributed by atoms with Gasteiger partial charge in [-0.05, 0) is 55.6 Å². The number of hydrogen-bond donors (Lipinski definition) is 2. The molecule has 0 saturated carbocycles. The highest BCUT2D eigenvalue weighted by molar-refractivity contribution is 7.71. The Balaban J connectivity index is 2.36. The zero-order valence-electron chi connectivity index (χ0n) is 13.9. The van der Waals surface area contributed by atoms with E-state index in [0.29, 0.717) is 23.2 Å². The Kier molecular flexibility index (Phi) is 4.30. The second-order valence-corrected chi connectivity index (χ2v) is 6.91. The van der Waals surface area contributed by atoms with E-state index in [1.807, 2.05) is 32.1 Å². The van der Waals surface area contributed by atoms with Gasteiger partial charge in [0.2, 0.25) is 0 Å². The molecule has 24 heavy (non-hydrogen) atoms. The molecule has 0 bridgehead atoms. The van der Waals surface area contributed by atoms with E-state index in [9.17, 15) is 9.18 Å². The van der Waals surface area contributed by atoms with Crippen LogP contribution in [0.1, 0.15) is 43.5 Å². The van der Waals surface area contributed by atoms with Gasteiger partial charge in [0.15, 0.2) is 4.77 Å². The molecule has 5 heteroatoms. The number of benzene rings is 1. The molecule has 0 fully saturated rings. The van der Waals surface area contributed by atoms with Crippen molar-refractivity contribution in [3.63, 3.8) is 0 Å². The molecule has 1 aliphatic carbocycles. The molecular weight excluding hydrogens is 323 g/mol. The Hall–Kier alpha value is -2.01. The molecule has 1 aliphatic rings. The van der Waals surface area contributed by atoms with Crippen LogP contribution in [0, 0.1) is 16.0 Å². The van der Waals surface area contributed by atoms with Crippen LogP contribution in [0.25, 0.3) is 0 Å². The van der Waals surface area contributed by atoms with Crippen molar-refractivity contribution in [2.24, 2.45) is 5.41 Å². The summed E-state index contributed by atoms with van der Waals surface area (Å²) in [5, 5.41) is 0. The first kappa shape index (κ1) is 16.8. The van der Waals surface area contributed by atoms with Crippen molar-refractivity contribution in [3.05, 3.63) is 64.0 Å². The van der Waals surface area contributed by atoms with E-state index >= 15 is 0 Å². The largest absolute Gasteiger partial charge is 0.337 e. The Bertz CT molecular complexity index is 853. The lowest BCUT2D eigenvalue weighted by atomic mass is 9.58. The van der Waals surface area contributed by atoms with Crippen LogP contribution in [0.4, 0.5) is 4.39 Å². The number of H-pyrrole nitrogens is 2. The number of nitrogens with one attached hydrogen (secondary N) is 2. The lowest BCUT2D eigenvalue weighted by Crippen LogP contribution is -2.44. The summed E-state index contributed by atoms with van der Waals surface area (Å²) in [7, 11) is 0. The second-order valence-electron chi connectivity index (χ2n) is 6.50. The predicted molar refractivity (Wildman–Crippen MR) is 95.1 cm³/mol. The minimum absolute atomic E-state index is 0.238. The summed E-state index contributed by atoms with van der Waals surface area (Å²) in [6, 6.07) is 5.10. The van der Waals surface area contributed by atoms with Crippen molar-refractivity contribution in [3.8, 4) is 0 Å². The van der Waals surface area contributed by atoms with Gasteiger partial charge in [0.05, 0.1) is 10.8 Å². The zero-order chi connectivity index (χ0) is 17.4. The summed E-state index contributed by atoms with van der Waals surface area (Å²) in [5.41, 5.74) is 0.802. The van der Waals surface area contributed by atoms with Gasteiger partial charge in [0, 0.05) is 11.9 Å². The fourth-order valence-electron chi connectivity index (χ4n) is 3.97. The van der Waals surface area contributed by atoms with E-state index in [4.69, 9.17) is 12.2 Å². The normalized spacial score (nSPS) is 22.5. The highest BCUT2D eigenvalue weighted by Gasteiger charge is 2.51. The number of imidazole rings is 1. The first-order valence-electron chi connectivity index (χ1n) is 8.18. The maximum absolute atomic E-state index is 14.5. The quantitative estimate of drug-likeness (QED) is 0.472. The van der Waals surface area contributed by atoms with Crippen LogP contribution in [-0.4, -0.2) is 16.3 Å². The maximum atomic E-state index is 14.5. The van der Waals surface area contributed by atoms with Crippen molar-refractivity contribution in [1.29, 1.82) is 0 Å². The number of rotatable bonds is 5. The van der Waals surface area contributed by atoms with Crippen LogP contribution in [0.5, 0.6) is 0 Å². The third-order valence-electron chi connectivity index (χ3n) is 5.43. The first-order chi connectivity index (χ1) is 11.5. The van der Waals surface area contributed by atoms with Crippen LogP contribution in [0.15, 0.2) is 36.5 Å². The monoisotopic (exact) mass is 344 g/mol. The lowest BCUT2D eigenvalue weighted by molar-refractivity contribution is -0.116. The SMILES string of the molecule is CCc1c(F)cccc1C(C)(c1c[nH]c(=S)[nH]1)C1(C=O)C=CCC1. The number of aromatic amines is 2. The number of aldehydes is 1. The molecule has 0 spiro atoms. The molecule has 0 aliphatic heterocycles. The smallest absolute Gasteiger partial charge is 0.174 e. The van der Waals surface area contributed by atoms with Gasteiger partial charge in [-0.15, -0.1) is 0 Å². The maximum Gasteiger partial charge on any atom is 0.174 e. The van der Waals surface area contributed by atoms with Gasteiger partial charge >= 0.3 is 0 Å². The van der Waals surface area contributed by atoms with Gasteiger partial charge < -0.3 is 14.8 Å². The van der Waals surface area contributed by atoms with Crippen molar-refractivity contribution in [2.45, 2.75) is 38.5 Å². The molecule has 1 aromatic heterocycles. The van der Waals surface area contributed by atoms with Crippen molar-refractivity contribution < 1.29 is 9.18 Å². The number of carbonyl (C=O) groups excluding carboxylic acids is 1. The molecule has 126 valence electrons. The summed E-state index contributed by atoms with van der Waals surface area (Å²) >= 11 is 5.19. The summed E-state index contributed by atoms with van der Waals surface area (Å²) < 4.78 is 15.0. The third kappa shape index (κ3) is 2.30. The van der Waals surface area contributed by atoms with Crippen molar-refractivity contribution in [2.75, 3.05) is 0 Å². The average Bonchev–Trinajstić information content (AvgIpc) is 3.23. The predicted octanol–water partition coefficient (Wildman–Crippen LogP) is 4.62. The summed E-state index contributed by atoms with van der Waals surface area (Å²) in [6.45, 7) is 3.93. The van der Waals surface area contributed by atoms with Gasteiger partial charge in [0.1, 0.15) is 12.1 Å². The number of halogens is 1. The van der Waals surface area contributed by atoms with Gasteiger partial charge in [0.25, 0.3) is 0 Å². The third-order valence-corrected chi connectivity index (χ3v) is 5.65. The molecule has 0 saturated heterocycles. The summed E-state index contributed by atoms with van der Waals surface area (Å²) in [4.78, 5) is 18.4. The standard InChI is InChI=1S/C19H21FN2OS/c1-3-13-14(7-6-8-15(13)20)18(2,16-11-21-17(24)22-16)19(12-23)9-4-5-10-19/h4,6-9,11-12H,3,5,10H2,1-2H3,(H2,21,22,24). The van der Waals surface area contributed by atoms with Crippen LogP contribution in [0.3, 0.4) is 0 Å². The molecule has 2 atom stereocenters. The number of aromatic nitrogens is 2. The second kappa shape index (κ2) is 6.13. The van der Waals surface area contributed by atoms with E-state index < -0.39 is 10.8 Å². The molecule has 3 rings (SSSR count). The first-order valence-corrected chi connectivity index (χ1v) is 8.59. The minimum atomic E-state index is -0.733. The summed E-state index contributed by atoms with van der Waals surface area (Å²) in [5.74, 6) is -0.238. The molecular formula is C19H21FN2OS. The van der Waals surface area contributed by atoms with Crippen LogP contribution in [-0.2, 0) is 16.6 Å². The Labute approximate surface area is 146 Å². The lowest BCUT2D eigenvalue weighted by Gasteiger charge is -2.43. The van der Waals surface area contributed by atoms with Gasteiger partial charge in [-0.2, -0.15) is 0 Å². The van der Waals surface area contributed by atoms with Crippen LogP contribution >= 0.6 is 12.2 Å². The van der Waals surface area contributed by atoms with Gasteiger partial charge in [-0.25, -0.2) is 4.39 Å². The Morgan fingerprint density at radius 3 is 2.79 bits per heavy atom. The van der Waals surface area contributed by atoms with E-state index in [2.05, 4.69) is 9.97 Å². The molecule has 2 unspecified atom stereocenters. The average molecular weight is 344 g/mol. The number of hydrogen-bond acceptors (Lipinski definition) is 2. The Morgan fingerprint density at radius 1 is 1.46 bits per heavy atom. The van der Waals surface area contributed by atoms with Crippen molar-refractivity contribution in [1.82, 2.24) is 9.97 Å². The minimum Gasteiger partial charge on any atom is -0.337 e. The van der Waals surface area contributed by atoms with Crippen molar-refractivity contribution >= 4 is 18.5 Å². The molecule has 1 heterocycles. The molecule has 0 amide bonds. The van der Waals surface area contributed by atoms with E-state index in [0.717, 1.165) is 24.0 Å². The van der Waals surface area contributed by atoms with E-state index in [1.54, 1.807) is 12.3 Å².